The van der Waals surface area contributed by atoms with Crippen molar-refractivity contribution in [1.29, 1.82) is 0 Å². The molecule has 0 aliphatic rings. The van der Waals surface area contributed by atoms with Gasteiger partial charge in [0.1, 0.15) is 17.2 Å². The molecular weight excluding hydrogens is 256 g/mol. The molecule has 2 aromatic rings. The van der Waals surface area contributed by atoms with Crippen molar-refractivity contribution in [1.82, 2.24) is 9.97 Å². The Morgan fingerprint density at radius 2 is 2.06 bits per heavy atom. The third kappa shape index (κ3) is 2.62. The van der Waals surface area contributed by atoms with Crippen LogP contribution in [0.3, 0.4) is 0 Å². The summed E-state index contributed by atoms with van der Waals surface area (Å²) in [4.78, 5) is 8.99. The molecule has 0 unspecified atom stereocenters. The van der Waals surface area contributed by atoms with E-state index in [1.165, 1.54) is 6.33 Å². The summed E-state index contributed by atoms with van der Waals surface area (Å²) >= 11 is 7.66. The lowest BCUT2D eigenvalue weighted by Gasteiger charge is -2.10. The number of rotatable bonds is 3. The Bertz CT molecular complexity index is 533. The number of hydrogen-bond donors (Lipinski definition) is 2. The van der Waals surface area contributed by atoms with Crippen molar-refractivity contribution >= 4 is 40.7 Å². The highest BCUT2D eigenvalue weighted by molar-refractivity contribution is 7.98. The lowest BCUT2D eigenvalue weighted by atomic mass is 10.3. The summed E-state index contributed by atoms with van der Waals surface area (Å²) in [6.45, 7) is 0. The quantitative estimate of drug-likeness (QED) is 0.836. The Balaban J connectivity index is 2.35. The molecule has 0 spiro atoms. The molecule has 0 saturated carbocycles. The molecule has 1 aromatic heterocycles. The SMILES string of the molecule is CSc1ccccc1Nc1ncnc(N)c1Cl. The molecular formula is C11H11ClN4S. The van der Waals surface area contributed by atoms with Crippen LogP contribution in [0.15, 0.2) is 35.5 Å². The first-order valence-corrected chi connectivity index (χ1v) is 6.48. The minimum absolute atomic E-state index is 0.269. The van der Waals surface area contributed by atoms with E-state index in [1.807, 2.05) is 30.5 Å². The van der Waals surface area contributed by atoms with Gasteiger partial charge in [-0.1, -0.05) is 23.7 Å². The Morgan fingerprint density at radius 3 is 2.82 bits per heavy atom. The van der Waals surface area contributed by atoms with Crippen LogP contribution in [-0.4, -0.2) is 16.2 Å². The van der Waals surface area contributed by atoms with Crippen LogP contribution in [0.5, 0.6) is 0 Å². The van der Waals surface area contributed by atoms with Gasteiger partial charge >= 0.3 is 0 Å². The predicted octanol–water partition coefficient (Wildman–Crippen LogP) is 3.18. The molecule has 1 heterocycles. The van der Waals surface area contributed by atoms with Crippen LogP contribution in [0.4, 0.5) is 17.3 Å². The molecule has 88 valence electrons. The first-order valence-electron chi connectivity index (χ1n) is 4.88. The van der Waals surface area contributed by atoms with Crippen LogP contribution >= 0.6 is 23.4 Å². The third-order valence-corrected chi connectivity index (χ3v) is 3.34. The fourth-order valence-electron chi connectivity index (χ4n) is 1.35. The van der Waals surface area contributed by atoms with Crippen LogP contribution in [0.2, 0.25) is 5.02 Å². The van der Waals surface area contributed by atoms with Crippen LogP contribution in [0.25, 0.3) is 0 Å². The second-order valence-corrected chi connectivity index (χ2v) is 4.47. The summed E-state index contributed by atoms with van der Waals surface area (Å²) in [6.07, 6.45) is 3.39. The van der Waals surface area contributed by atoms with E-state index in [1.54, 1.807) is 11.8 Å². The number of benzene rings is 1. The van der Waals surface area contributed by atoms with E-state index in [9.17, 15) is 0 Å². The standard InChI is InChI=1S/C11H11ClN4S/c1-17-8-5-3-2-4-7(8)16-11-9(12)10(13)14-6-15-11/h2-6H,1H3,(H3,13,14,15,16). The summed E-state index contributed by atoms with van der Waals surface area (Å²) in [5, 5.41) is 3.49. The number of nitrogens with one attached hydrogen (secondary N) is 1. The summed E-state index contributed by atoms with van der Waals surface area (Å²) in [5.41, 5.74) is 6.56. The van der Waals surface area contributed by atoms with Gasteiger partial charge in [0.15, 0.2) is 5.82 Å². The first-order chi connectivity index (χ1) is 8.22. The summed E-state index contributed by atoms with van der Waals surface area (Å²) < 4.78 is 0. The molecule has 0 bridgehead atoms. The fraction of sp³-hybridized carbons (Fsp3) is 0.0909. The maximum absolute atomic E-state index is 6.02. The summed E-state index contributed by atoms with van der Waals surface area (Å²) in [7, 11) is 0. The van der Waals surface area contributed by atoms with Crippen molar-refractivity contribution in [3.8, 4) is 0 Å². The zero-order chi connectivity index (χ0) is 12.3. The largest absolute Gasteiger partial charge is 0.382 e. The molecule has 0 aliphatic heterocycles. The second kappa shape index (κ2) is 5.25. The maximum Gasteiger partial charge on any atom is 0.154 e. The zero-order valence-electron chi connectivity index (χ0n) is 9.14. The van der Waals surface area contributed by atoms with Crippen LogP contribution in [0, 0.1) is 0 Å². The molecule has 0 amide bonds. The number of halogens is 1. The maximum atomic E-state index is 6.02. The van der Waals surface area contributed by atoms with Crippen LogP contribution < -0.4 is 11.1 Å². The molecule has 0 saturated heterocycles. The van der Waals surface area contributed by atoms with Gasteiger partial charge in [0.2, 0.25) is 0 Å². The van der Waals surface area contributed by atoms with E-state index >= 15 is 0 Å². The van der Waals surface area contributed by atoms with Gasteiger partial charge < -0.3 is 11.1 Å². The fourth-order valence-corrected chi connectivity index (χ4v) is 2.04. The molecule has 0 fully saturated rings. The minimum atomic E-state index is 0.269. The molecule has 0 aliphatic carbocycles. The number of nitrogens with two attached hydrogens (primary N) is 1. The van der Waals surface area contributed by atoms with Gasteiger partial charge in [-0.25, -0.2) is 9.97 Å². The number of thioether (sulfide) groups is 1. The molecule has 3 N–H and O–H groups in total. The third-order valence-electron chi connectivity index (χ3n) is 2.18. The second-order valence-electron chi connectivity index (χ2n) is 3.25. The molecule has 2 rings (SSSR count). The monoisotopic (exact) mass is 266 g/mol. The lowest BCUT2D eigenvalue weighted by Crippen LogP contribution is -2.00. The highest BCUT2D eigenvalue weighted by Gasteiger charge is 2.08. The van der Waals surface area contributed by atoms with Crippen molar-refractivity contribution in [3.63, 3.8) is 0 Å². The van der Waals surface area contributed by atoms with E-state index in [-0.39, 0.29) is 5.82 Å². The average molecular weight is 267 g/mol. The first kappa shape index (κ1) is 12.0. The Morgan fingerprint density at radius 1 is 1.29 bits per heavy atom. The van der Waals surface area contributed by atoms with E-state index in [0.717, 1.165) is 10.6 Å². The van der Waals surface area contributed by atoms with E-state index in [0.29, 0.717) is 10.8 Å². The normalized spacial score (nSPS) is 10.2. The smallest absolute Gasteiger partial charge is 0.154 e. The van der Waals surface area contributed by atoms with Gasteiger partial charge in [-0.3, -0.25) is 0 Å². The van der Waals surface area contributed by atoms with Gasteiger partial charge in [-0.15, -0.1) is 11.8 Å². The summed E-state index contributed by atoms with van der Waals surface area (Å²) in [6, 6.07) is 7.90. The zero-order valence-corrected chi connectivity index (χ0v) is 10.7. The van der Waals surface area contributed by atoms with Gasteiger partial charge in [0.05, 0.1) is 5.69 Å². The Labute approximate surface area is 109 Å². The number of anilines is 3. The molecule has 4 nitrogen and oxygen atoms in total. The van der Waals surface area contributed by atoms with Gasteiger partial charge in [-0.05, 0) is 18.4 Å². The summed E-state index contributed by atoms with van der Waals surface area (Å²) in [5.74, 6) is 0.784. The van der Waals surface area contributed by atoms with E-state index < -0.39 is 0 Å². The number of nitrogens with zero attached hydrogens (tertiary/aromatic N) is 2. The number of aromatic nitrogens is 2. The highest BCUT2D eigenvalue weighted by Crippen LogP contribution is 2.31. The van der Waals surface area contributed by atoms with Crippen molar-refractivity contribution < 1.29 is 0 Å². The predicted molar refractivity (Wildman–Crippen MR) is 73.0 cm³/mol. The van der Waals surface area contributed by atoms with Crippen molar-refractivity contribution in [3.05, 3.63) is 35.6 Å². The molecule has 0 radical (unpaired) electrons. The number of hydrogen-bond acceptors (Lipinski definition) is 5. The van der Waals surface area contributed by atoms with Crippen molar-refractivity contribution in [2.45, 2.75) is 4.90 Å². The minimum Gasteiger partial charge on any atom is -0.382 e. The van der Waals surface area contributed by atoms with E-state index in [2.05, 4.69) is 15.3 Å². The van der Waals surface area contributed by atoms with Crippen molar-refractivity contribution in [2.24, 2.45) is 0 Å². The molecule has 1 aromatic carbocycles. The highest BCUT2D eigenvalue weighted by atomic mass is 35.5. The average Bonchev–Trinajstić information content (AvgIpc) is 2.35. The van der Waals surface area contributed by atoms with Crippen molar-refractivity contribution in [2.75, 3.05) is 17.3 Å². The topological polar surface area (TPSA) is 63.8 Å². The van der Waals surface area contributed by atoms with Crippen LogP contribution in [0.1, 0.15) is 0 Å². The Kier molecular flexibility index (Phi) is 3.71. The lowest BCUT2D eigenvalue weighted by molar-refractivity contribution is 1.17. The molecule has 17 heavy (non-hydrogen) atoms. The number of para-hydroxylation sites is 1. The van der Waals surface area contributed by atoms with Gasteiger partial charge in [-0.2, -0.15) is 0 Å². The van der Waals surface area contributed by atoms with Gasteiger partial charge in [0, 0.05) is 4.90 Å². The van der Waals surface area contributed by atoms with Crippen LogP contribution in [-0.2, 0) is 0 Å². The Hall–Kier alpha value is -1.46. The molecule has 0 atom stereocenters. The van der Waals surface area contributed by atoms with Gasteiger partial charge in [0.25, 0.3) is 0 Å². The molecule has 6 heteroatoms. The van der Waals surface area contributed by atoms with E-state index in [4.69, 9.17) is 17.3 Å². The number of nitrogen functional groups attached to an aromatic ring is 1.